The van der Waals surface area contributed by atoms with E-state index in [9.17, 15) is 9.18 Å². The third kappa shape index (κ3) is 3.56. The number of esters is 1. The normalized spacial score (nSPS) is 14.8. The van der Waals surface area contributed by atoms with Crippen molar-refractivity contribution >= 4 is 11.9 Å². The lowest BCUT2D eigenvalue weighted by molar-refractivity contribution is 0.0602. The zero-order chi connectivity index (χ0) is 16.9. The maximum absolute atomic E-state index is 13.5. The van der Waals surface area contributed by atoms with Crippen molar-refractivity contribution in [3.05, 3.63) is 35.6 Å². The molecule has 0 saturated carbocycles. The van der Waals surface area contributed by atoms with Gasteiger partial charge in [-0.05, 0) is 38.1 Å². The van der Waals surface area contributed by atoms with Crippen molar-refractivity contribution in [2.75, 3.05) is 38.6 Å². The Hall–Kier alpha value is -2.41. The highest BCUT2D eigenvalue weighted by molar-refractivity contribution is 6.00. The smallest absolute Gasteiger partial charge is 0.345 e. The van der Waals surface area contributed by atoms with Crippen LogP contribution in [0.5, 0.6) is 0 Å². The molecule has 0 aliphatic carbocycles. The van der Waals surface area contributed by atoms with E-state index in [-0.39, 0.29) is 17.1 Å². The van der Waals surface area contributed by atoms with Gasteiger partial charge in [-0.15, -0.1) is 0 Å². The standard InChI is InChI=1S/C17H20FN3O3/c1-23-17(22)14-15(12-5-4-6-13(18)11-12)20-24-16(14)19-7-10-21-8-2-3-9-21/h4-6,11,19H,2-3,7-10H2,1H3. The van der Waals surface area contributed by atoms with E-state index in [1.807, 2.05) is 0 Å². The Balaban J connectivity index is 1.79. The molecule has 1 N–H and O–H groups in total. The van der Waals surface area contributed by atoms with Gasteiger partial charge in [0.05, 0.1) is 7.11 Å². The minimum atomic E-state index is -0.570. The summed E-state index contributed by atoms with van der Waals surface area (Å²) in [6.45, 7) is 3.67. The second-order valence-electron chi connectivity index (χ2n) is 5.71. The van der Waals surface area contributed by atoms with Crippen LogP contribution in [0.15, 0.2) is 28.8 Å². The molecule has 1 aromatic heterocycles. The number of nitrogens with zero attached hydrogens (tertiary/aromatic N) is 2. The lowest BCUT2D eigenvalue weighted by Crippen LogP contribution is -2.26. The first-order valence-electron chi connectivity index (χ1n) is 7.99. The summed E-state index contributed by atoms with van der Waals surface area (Å²) in [5, 5.41) is 7.02. The summed E-state index contributed by atoms with van der Waals surface area (Å²) in [5.41, 5.74) is 0.918. The Labute approximate surface area is 139 Å². The van der Waals surface area contributed by atoms with E-state index in [4.69, 9.17) is 9.26 Å². The Kier molecular flexibility index (Phi) is 5.10. The van der Waals surface area contributed by atoms with Crippen LogP contribution in [0.3, 0.4) is 0 Å². The van der Waals surface area contributed by atoms with Crippen LogP contribution >= 0.6 is 0 Å². The molecule has 7 heteroatoms. The van der Waals surface area contributed by atoms with Crippen molar-refractivity contribution in [2.24, 2.45) is 0 Å². The molecule has 1 aliphatic heterocycles. The predicted molar refractivity (Wildman–Crippen MR) is 87.4 cm³/mol. The first-order valence-corrected chi connectivity index (χ1v) is 7.99. The Morgan fingerprint density at radius 1 is 1.42 bits per heavy atom. The third-order valence-electron chi connectivity index (χ3n) is 4.09. The van der Waals surface area contributed by atoms with E-state index in [2.05, 4.69) is 15.4 Å². The van der Waals surface area contributed by atoms with E-state index in [0.717, 1.165) is 19.6 Å². The Morgan fingerprint density at radius 3 is 2.92 bits per heavy atom. The number of halogens is 1. The summed E-state index contributed by atoms with van der Waals surface area (Å²) >= 11 is 0. The molecule has 3 rings (SSSR count). The fourth-order valence-electron chi connectivity index (χ4n) is 2.87. The molecule has 0 bridgehead atoms. The molecule has 0 spiro atoms. The van der Waals surface area contributed by atoms with Crippen LogP contribution < -0.4 is 5.32 Å². The Bertz CT molecular complexity index is 711. The molecule has 0 amide bonds. The predicted octanol–water partition coefficient (Wildman–Crippen LogP) is 2.78. The monoisotopic (exact) mass is 333 g/mol. The number of hydrogen-bond donors (Lipinski definition) is 1. The minimum Gasteiger partial charge on any atom is -0.465 e. The van der Waals surface area contributed by atoms with Crippen LogP contribution in [-0.4, -0.2) is 49.3 Å². The number of nitrogens with one attached hydrogen (secondary N) is 1. The largest absolute Gasteiger partial charge is 0.465 e. The summed E-state index contributed by atoms with van der Waals surface area (Å²) in [6, 6.07) is 5.86. The molecule has 128 valence electrons. The van der Waals surface area contributed by atoms with Crippen LogP contribution in [-0.2, 0) is 4.74 Å². The van der Waals surface area contributed by atoms with Gasteiger partial charge >= 0.3 is 5.97 Å². The molecule has 0 atom stereocenters. The Morgan fingerprint density at radius 2 is 2.21 bits per heavy atom. The number of anilines is 1. The van der Waals surface area contributed by atoms with E-state index in [1.165, 1.54) is 32.1 Å². The highest BCUT2D eigenvalue weighted by Gasteiger charge is 2.25. The van der Waals surface area contributed by atoms with E-state index in [1.54, 1.807) is 12.1 Å². The average Bonchev–Trinajstić information content (AvgIpc) is 3.24. The summed E-state index contributed by atoms with van der Waals surface area (Å²) in [7, 11) is 1.29. The van der Waals surface area contributed by atoms with Crippen molar-refractivity contribution in [3.8, 4) is 11.3 Å². The number of hydrogen-bond acceptors (Lipinski definition) is 6. The molecule has 1 fully saturated rings. The summed E-state index contributed by atoms with van der Waals surface area (Å²) in [5.74, 6) is -0.727. The topological polar surface area (TPSA) is 67.6 Å². The minimum absolute atomic E-state index is 0.185. The number of carbonyl (C=O) groups excluding carboxylic acids is 1. The van der Waals surface area contributed by atoms with Gasteiger partial charge in [-0.25, -0.2) is 9.18 Å². The molecule has 6 nitrogen and oxygen atoms in total. The maximum atomic E-state index is 13.5. The van der Waals surface area contributed by atoms with Gasteiger partial charge in [0, 0.05) is 18.7 Å². The fourth-order valence-corrected chi connectivity index (χ4v) is 2.87. The second kappa shape index (κ2) is 7.44. The first kappa shape index (κ1) is 16.4. The second-order valence-corrected chi connectivity index (χ2v) is 5.71. The molecule has 24 heavy (non-hydrogen) atoms. The van der Waals surface area contributed by atoms with Gasteiger partial charge in [-0.3, -0.25) is 0 Å². The SMILES string of the molecule is COC(=O)c1c(-c2cccc(F)c2)noc1NCCN1CCCC1. The quantitative estimate of drug-likeness (QED) is 0.820. The van der Waals surface area contributed by atoms with Crippen molar-refractivity contribution in [1.29, 1.82) is 0 Å². The maximum Gasteiger partial charge on any atom is 0.345 e. The lowest BCUT2D eigenvalue weighted by atomic mass is 10.1. The molecular formula is C17H20FN3O3. The molecular weight excluding hydrogens is 313 g/mol. The highest BCUT2D eigenvalue weighted by atomic mass is 19.1. The van der Waals surface area contributed by atoms with Gasteiger partial charge in [0.25, 0.3) is 0 Å². The van der Waals surface area contributed by atoms with Crippen molar-refractivity contribution in [3.63, 3.8) is 0 Å². The van der Waals surface area contributed by atoms with Gasteiger partial charge in [0.2, 0.25) is 5.88 Å². The molecule has 0 radical (unpaired) electrons. The van der Waals surface area contributed by atoms with Crippen molar-refractivity contribution in [2.45, 2.75) is 12.8 Å². The first-order chi connectivity index (χ1) is 11.7. The molecule has 1 aromatic carbocycles. The van der Waals surface area contributed by atoms with Crippen molar-refractivity contribution < 1.29 is 18.4 Å². The van der Waals surface area contributed by atoms with Gasteiger partial charge in [0.1, 0.15) is 11.5 Å². The number of methoxy groups -OCH3 is 1. The third-order valence-corrected chi connectivity index (χ3v) is 4.09. The number of benzene rings is 1. The number of aromatic nitrogens is 1. The molecule has 2 aromatic rings. The van der Waals surface area contributed by atoms with E-state index in [0.29, 0.717) is 12.1 Å². The van der Waals surface area contributed by atoms with Crippen LogP contribution in [0.25, 0.3) is 11.3 Å². The van der Waals surface area contributed by atoms with Gasteiger partial charge in [-0.2, -0.15) is 0 Å². The molecule has 1 saturated heterocycles. The van der Waals surface area contributed by atoms with Crippen LogP contribution in [0, 0.1) is 5.82 Å². The number of ether oxygens (including phenoxy) is 1. The summed E-state index contributed by atoms with van der Waals surface area (Å²) in [6.07, 6.45) is 2.44. The molecule has 0 unspecified atom stereocenters. The zero-order valence-corrected chi connectivity index (χ0v) is 13.5. The summed E-state index contributed by atoms with van der Waals surface area (Å²) < 4.78 is 23.6. The van der Waals surface area contributed by atoms with Gasteiger partial charge in [0.15, 0.2) is 5.56 Å². The summed E-state index contributed by atoms with van der Waals surface area (Å²) in [4.78, 5) is 14.5. The van der Waals surface area contributed by atoms with E-state index < -0.39 is 11.8 Å². The van der Waals surface area contributed by atoms with Crippen LogP contribution in [0.2, 0.25) is 0 Å². The zero-order valence-electron chi connectivity index (χ0n) is 13.5. The van der Waals surface area contributed by atoms with Gasteiger partial charge in [-0.1, -0.05) is 17.3 Å². The average molecular weight is 333 g/mol. The number of rotatable bonds is 6. The molecule has 2 heterocycles. The van der Waals surface area contributed by atoms with E-state index >= 15 is 0 Å². The number of likely N-dealkylation sites (tertiary alicyclic amines) is 1. The highest BCUT2D eigenvalue weighted by Crippen LogP contribution is 2.29. The van der Waals surface area contributed by atoms with Crippen molar-refractivity contribution in [1.82, 2.24) is 10.1 Å². The fraction of sp³-hybridized carbons (Fsp3) is 0.412. The number of carbonyl (C=O) groups is 1. The van der Waals surface area contributed by atoms with Crippen LogP contribution in [0.1, 0.15) is 23.2 Å². The van der Waals surface area contributed by atoms with Gasteiger partial charge < -0.3 is 19.5 Å². The van der Waals surface area contributed by atoms with Crippen LogP contribution in [0.4, 0.5) is 10.3 Å². The molecule has 1 aliphatic rings. The lowest BCUT2D eigenvalue weighted by Gasteiger charge is -2.14.